The van der Waals surface area contributed by atoms with Crippen LogP contribution in [0.2, 0.25) is 0 Å². The van der Waals surface area contributed by atoms with Crippen LogP contribution < -0.4 is 15.4 Å². The first kappa shape index (κ1) is 17.8. The van der Waals surface area contributed by atoms with E-state index in [1.165, 1.54) is 0 Å². The molecule has 0 aliphatic rings. The molecule has 0 heterocycles. The van der Waals surface area contributed by atoms with Crippen LogP contribution in [0.5, 0.6) is 5.75 Å². The highest BCUT2D eigenvalue weighted by molar-refractivity contribution is 6.00. The molecule has 0 saturated carbocycles. The Morgan fingerprint density at radius 3 is 2.46 bits per heavy atom. The minimum atomic E-state index is -0.0645. The van der Waals surface area contributed by atoms with E-state index in [4.69, 9.17) is 4.74 Å². The van der Waals surface area contributed by atoms with E-state index in [-0.39, 0.29) is 5.91 Å². The van der Waals surface area contributed by atoms with E-state index in [9.17, 15) is 4.79 Å². The van der Waals surface area contributed by atoms with Gasteiger partial charge in [-0.1, -0.05) is 12.1 Å². The number of hydrogen-bond donors (Lipinski definition) is 2. The molecule has 1 amide bonds. The number of anilines is 2. The second kappa shape index (κ2) is 8.93. The normalized spacial score (nSPS) is 10.5. The number of benzene rings is 2. The Labute approximate surface area is 143 Å². The van der Waals surface area contributed by atoms with E-state index in [1.54, 1.807) is 7.11 Å². The van der Waals surface area contributed by atoms with Crippen LogP contribution in [0.15, 0.2) is 48.5 Å². The van der Waals surface area contributed by atoms with Crippen molar-refractivity contribution in [1.82, 2.24) is 10.2 Å². The number of methoxy groups -OCH3 is 1. The first-order valence-corrected chi connectivity index (χ1v) is 8.03. The summed E-state index contributed by atoms with van der Waals surface area (Å²) in [7, 11) is 5.68. The summed E-state index contributed by atoms with van der Waals surface area (Å²) < 4.78 is 5.16. The number of ether oxygens (including phenoxy) is 1. The Morgan fingerprint density at radius 1 is 1.08 bits per heavy atom. The van der Waals surface area contributed by atoms with E-state index >= 15 is 0 Å². The highest BCUT2D eigenvalue weighted by atomic mass is 16.5. The van der Waals surface area contributed by atoms with Crippen molar-refractivity contribution in [3.8, 4) is 5.75 Å². The molecule has 0 aromatic heterocycles. The lowest BCUT2D eigenvalue weighted by Crippen LogP contribution is -2.27. The highest BCUT2D eigenvalue weighted by Gasteiger charge is 2.10. The quantitative estimate of drug-likeness (QED) is 0.732. The standard InChI is InChI=1S/C19H25N3O2/c1-22(2)14-6-13-20-19(23)17-7-4-5-8-18(17)21-15-9-11-16(24-3)12-10-15/h4-5,7-12,21H,6,13-14H2,1-3H3,(H,20,23). The van der Waals surface area contributed by atoms with Crippen molar-refractivity contribution in [2.24, 2.45) is 0 Å². The molecule has 5 heteroatoms. The van der Waals surface area contributed by atoms with Crippen LogP contribution in [0, 0.1) is 0 Å². The van der Waals surface area contributed by atoms with Crippen molar-refractivity contribution in [3.63, 3.8) is 0 Å². The van der Waals surface area contributed by atoms with Crippen molar-refractivity contribution < 1.29 is 9.53 Å². The topological polar surface area (TPSA) is 53.6 Å². The summed E-state index contributed by atoms with van der Waals surface area (Å²) in [6, 6.07) is 15.1. The zero-order chi connectivity index (χ0) is 17.4. The number of nitrogens with zero attached hydrogens (tertiary/aromatic N) is 1. The maximum absolute atomic E-state index is 12.4. The molecule has 0 aliphatic heterocycles. The van der Waals surface area contributed by atoms with Gasteiger partial charge >= 0.3 is 0 Å². The molecule has 0 unspecified atom stereocenters. The van der Waals surface area contributed by atoms with E-state index in [0.717, 1.165) is 30.1 Å². The molecule has 0 aliphatic carbocycles. The molecule has 0 bridgehead atoms. The summed E-state index contributed by atoms with van der Waals surface area (Å²) in [6.07, 6.45) is 0.923. The fraction of sp³-hybridized carbons (Fsp3) is 0.316. The number of rotatable bonds is 8. The zero-order valence-corrected chi connectivity index (χ0v) is 14.5. The van der Waals surface area contributed by atoms with Gasteiger partial charge in [0, 0.05) is 12.2 Å². The number of amides is 1. The van der Waals surface area contributed by atoms with Crippen molar-refractivity contribution in [3.05, 3.63) is 54.1 Å². The lowest BCUT2D eigenvalue weighted by molar-refractivity contribution is 0.0953. The highest BCUT2D eigenvalue weighted by Crippen LogP contribution is 2.22. The van der Waals surface area contributed by atoms with Gasteiger partial charge in [-0.2, -0.15) is 0 Å². The Bertz CT molecular complexity index is 654. The van der Waals surface area contributed by atoms with Crippen LogP contribution in [0.4, 0.5) is 11.4 Å². The lowest BCUT2D eigenvalue weighted by atomic mass is 10.1. The van der Waals surface area contributed by atoms with Gasteiger partial charge in [0.25, 0.3) is 5.91 Å². The summed E-state index contributed by atoms with van der Waals surface area (Å²) in [5, 5.41) is 6.26. The first-order valence-electron chi connectivity index (χ1n) is 8.03. The maximum Gasteiger partial charge on any atom is 0.253 e. The number of carbonyl (C=O) groups is 1. The van der Waals surface area contributed by atoms with Gasteiger partial charge in [0.05, 0.1) is 18.4 Å². The van der Waals surface area contributed by atoms with E-state index in [2.05, 4.69) is 15.5 Å². The third-order valence-electron chi connectivity index (χ3n) is 3.61. The van der Waals surface area contributed by atoms with Crippen LogP contribution in [-0.2, 0) is 0 Å². The third kappa shape index (κ3) is 5.28. The fourth-order valence-corrected chi connectivity index (χ4v) is 2.31. The molecule has 0 atom stereocenters. The maximum atomic E-state index is 12.4. The molecular formula is C19H25N3O2. The average Bonchev–Trinajstić information content (AvgIpc) is 2.59. The largest absolute Gasteiger partial charge is 0.497 e. The van der Waals surface area contributed by atoms with Crippen molar-refractivity contribution in [1.29, 1.82) is 0 Å². The molecule has 0 spiro atoms. The Kier molecular flexibility index (Phi) is 6.63. The van der Waals surface area contributed by atoms with Crippen molar-refractivity contribution in [2.75, 3.05) is 39.6 Å². The molecule has 2 rings (SSSR count). The van der Waals surface area contributed by atoms with Crippen LogP contribution in [-0.4, -0.2) is 45.1 Å². The Morgan fingerprint density at radius 2 is 1.79 bits per heavy atom. The molecule has 0 saturated heterocycles. The van der Waals surface area contributed by atoms with Gasteiger partial charge in [-0.3, -0.25) is 4.79 Å². The number of para-hydroxylation sites is 1. The minimum Gasteiger partial charge on any atom is -0.497 e. The summed E-state index contributed by atoms with van der Waals surface area (Å²) >= 11 is 0. The molecule has 2 N–H and O–H groups in total. The van der Waals surface area contributed by atoms with Crippen molar-refractivity contribution in [2.45, 2.75) is 6.42 Å². The summed E-state index contributed by atoms with van der Waals surface area (Å²) in [5.41, 5.74) is 2.33. The number of hydrogen-bond acceptors (Lipinski definition) is 4. The van der Waals surface area contributed by atoms with Gasteiger partial charge in [-0.25, -0.2) is 0 Å². The number of carbonyl (C=O) groups excluding carboxylic acids is 1. The van der Waals surface area contributed by atoms with Crippen LogP contribution in [0.25, 0.3) is 0 Å². The second-order valence-electron chi connectivity index (χ2n) is 5.81. The monoisotopic (exact) mass is 327 g/mol. The summed E-state index contributed by atoms with van der Waals surface area (Å²) in [5.74, 6) is 0.734. The SMILES string of the molecule is COc1ccc(Nc2ccccc2C(=O)NCCCN(C)C)cc1. The van der Waals surface area contributed by atoms with Crippen LogP contribution in [0.3, 0.4) is 0 Å². The van der Waals surface area contributed by atoms with Gasteiger partial charge in [-0.05, 0) is 63.5 Å². The van der Waals surface area contributed by atoms with E-state index in [0.29, 0.717) is 12.1 Å². The summed E-state index contributed by atoms with van der Waals surface area (Å²) in [4.78, 5) is 14.5. The van der Waals surface area contributed by atoms with Crippen molar-refractivity contribution >= 4 is 17.3 Å². The average molecular weight is 327 g/mol. The van der Waals surface area contributed by atoms with Gasteiger partial charge in [0.2, 0.25) is 0 Å². The molecule has 2 aromatic rings. The molecule has 0 fully saturated rings. The third-order valence-corrected chi connectivity index (χ3v) is 3.61. The molecule has 128 valence electrons. The van der Waals surface area contributed by atoms with Crippen LogP contribution >= 0.6 is 0 Å². The lowest BCUT2D eigenvalue weighted by Gasteiger charge is -2.13. The Hall–Kier alpha value is -2.53. The Balaban J connectivity index is 2.01. The van der Waals surface area contributed by atoms with Gasteiger partial charge in [0.15, 0.2) is 0 Å². The number of nitrogens with one attached hydrogen (secondary N) is 2. The van der Waals surface area contributed by atoms with Crippen LogP contribution in [0.1, 0.15) is 16.8 Å². The minimum absolute atomic E-state index is 0.0645. The van der Waals surface area contributed by atoms with Gasteiger partial charge < -0.3 is 20.3 Å². The smallest absolute Gasteiger partial charge is 0.253 e. The molecule has 2 aromatic carbocycles. The van der Waals surface area contributed by atoms with E-state index in [1.807, 2.05) is 62.6 Å². The predicted octanol–water partition coefficient (Wildman–Crippen LogP) is 3.12. The molecule has 24 heavy (non-hydrogen) atoms. The molecule has 5 nitrogen and oxygen atoms in total. The van der Waals surface area contributed by atoms with E-state index < -0.39 is 0 Å². The molecule has 0 radical (unpaired) electrons. The predicted molar refractivity (Wildman–Crippen MR) is 98.2 cm³/mol. The fourth-order valence-electron chi connectivity index (χ4n) is 2.31. The van der Waals surface area contributed by atoms with Gasteiger partial charge in [-0.15, -0.1) is 0 Å². The second-order valence-corrected chi connectivity index (χ2v) is 5.81. The van der Waals surface area contributed by atoms with Gasteiger partial charge in [0.1, 0.15) is 5.75 Å². The zero-order valence-electron chi connectivity index (χ0n) is 14.5. The molecular weight excluding hydrogens is 302 g/mol. The first-order chi connectivity index (χ1) is 11.6. The summed E-state index contributed by atoms with van der Waals surface area (Å²) in [6.45, 7) is 1.61.